The smallest absolute Gasteiger partial charge is 0.226 e. The van der Waals surface area contributed by atoms with Gasteiger partial charge in [-0.2, -0.15) is 0 Å². The lowest BCUT2D eigenvalue weighted by molar-refractivity contribution is -0.121. The number of hydrogen-bond donors (Lipinski definition) is 1. The summed E-state index contributed by atoms with van der Waals surface area (Å²) >= 11 is 12.0. The van der Waals surface area contributed by atoms with Crippen LogP contribution in [0.15, 0.2) is 22.7 Å². The van der Waals surface area contributed by atoms with Crippen molar-refractivity contribution in [2.24, 2.45) is 0 Å². The van der Waals surface area contributed by atoms with E-state index in [9.17, 15) is 4.79 Å². The Bertz CT molecular complexity index is 700. The molecule has 0 unspecified atom stereocenters. The van der Waals surface area contributed by atoms with Crippen molar-refractivity contribution in [3.05, 3.63) is 45.3 Å². The van der Waals surface area contributed by atoms with Crippen LogP contribution in [0.2, 0.25) is 10.0 Å². The lowest BCUT2D eigenvalue weighted by Gasteiger charge is -2.11. The Labute approximate surface area is 131 Å². The minimum absolute atomic E-state index is 0.157. The molecule has 0 saturated heterocycles. The van der Waals surface area contributed by atoms with Crippen LogP contribution in [0.25, 0.3) is 0 Å². The van der Waals surface area contributed by atoms with Crippen molar-refractivity contribution < 1.29 is 14.1 Å². The first-order chi connectivity index (χ1) is 10.0. The molecule has 1 aliphatic heterocycles. The first-order valence-electron chi connectivity index (χ1n) is 6.37. The average Bonchev–Trinajstić information content (AvgIpc) is 3.01. The highest BCUT2D eigenvalue weighted by Gasteiger charge is 2.28. The third kappa shape index (κ3) is 2.84. The Hall–Kier alpha value is -1.72. The van der Waals surface area contributed by atoms with Crippen LogP contribution in [0, 0.1) is 6.92 Å². The largest absolute Gasteiger partial charge is 0.489 e. The molecule has 5 nitrogen and oxygen atoms in total. The molecule has 1 aromatic carbocycles. The van der Waals surface area contributed by atoms with Crippen molar-refractivity contribution in [3.63, 3.8) is 0 Å². The van der Waals surface area contributed by atoms with Crippen molar-refractivity contribution in [2.75, 3.05) is 6.61 Å². The molecule has 1 atom stereocenters. The van der Waals surface area contributed by atoms with Gasteiger partial charge in [0, 0.05) is 11.6 Å². The lowest BCUT2D eigenvalue weighted by atomic mass is 10.1. The van der Waals surface area contributed by atoms with Crippen LogP contribution < -0.4 is 10.1 Å². The standard InChI is InChI=1S/C14H12Cl2N2O3/c1-7-4-8(18-21-7)5-12(19)17-11-6-20-14-9(11)2-3-10(15)13(14)16/h2-4,11H,5-6H2,1H3,(H,17,19)/t11-/m1/s1. The molecule has 3 rings (SSSR count). The van der Waals surface area contributed by atoms with Gasteiger partial charge in [0.15, 0.2) is 0 Å². The normalized spacial score (nSPS) is 16.4. The fourth-order valence-corrected chi connectivity index (χ4v) is 2.63. The molecule has 1 amide bonds. The van der Waals surface area contributed by atoms with Gasteiger partial charge in [0.2, 0.25) is 5.91 Å². The number of aromatic nitrogens is 1. The predicted molar refractivity (Wildman–Crippen MR) is 77.8 cm³/mol. The summed E-state index contributed by atoms with van der Waals surface area (Å²) in [5.41, 5.74) is 1.42. The van der Waals surface area contributed by atoms with Gasteiger partial charge in [-0.25, -0.2) is 0 Å². The fraction of sp³-hybridized carbons (Fsp3) is 0.286. The van der Waals surface area contributed by atoms with Gasteiger partial charge in [-0.3, -0.25) is 4.79 Å². The van der Waals surface area contributed by atoms with Gasteiger partial charge in [0.25, 0.3) is 0 Å². The van der Waals surface area contributed by atoms with Gasteiger partial charge in [-0.1, -0.05) is 34.4 Å². The highest BCUT2D eigenvalue weighted by Crippen LogP contribution is 2.42. The molecule has 1 N–H and O–H groups in total. The summed E-state index contributed by atoms with van der Waals surface area (Å²) in [5.74, 6) is 1.05. The molecule has 0 saturated carbocycles. The van der Waals surface area contributed by atoms with Crippen LogP contribution in [0.3, 0.4) is 0 Å². The Morgan fingerprint density at radius 1 is 1.48 bits per heavy atom. The number of ether oxygens (including phenoxy) is 1. The summed E-state index contributed by atoms with van der Waals surface area (Å²) in [7, 11) is 0. The Morgan fingerprint density at radius 2 is 2.29 bits per heavy atom. The number of nitrogens with zero attached hydrogens (tertiary/aromatic N) is 1. The van der Waals surface area contributed by atoms with Crippen LogP contribution in [-0.4, -0.2) is 17.7 Å². The molecule has 2 heterocycles. The molecule has 21 heavy (non-hydrogen) atoms. The summed E-state index contributed by atoms with van der Waals surface area (Å²) in [4.78, 5) is 12.0. The second-order valence-electron chi connectivity index (χ2n) is 4.82. The lowest BCUT2D eigenvalue weighted by Crippen LogP contribution is -2.30. The summed E-state index contributed by atoms with van der Waals surface area (Å²) in [6.45, 7) is 2.11. The summed E-state index contributed by atoms with van der Waals surface area (Å²) in [6, 6.07) is 4.99. The molecule has 0 spiro atoms. The molecule has 7 heteroatoms. The Balaban J connectivity index is 1.70. The third-order valence-corrected chi connectivity index (χ3v) is 3.99. The number of hydrogen-bond acceptors (Lipinski definition) is 4. The van der Waals surface area contributed by atoms with Crippen molar-refractivity contribution in [2.45, 2.75) is 19.4 Å². The van der Waals surface area contributed by atoms with Crippen LogP contribution in [0.5, 0.6) is 5.75 Å². The monoisotopic (exact) mass is 326 g/mol. The van der Waals surface area contributed by atoms with Crippen LogP contribution in [0.4, 0.5) is 0 Å². The summed E-state index contributed by atoms with van der Waals surface area (Å²) in [5, 5.41) is 7.49. The van der Waals surface area contributed by atoms with Crippen molar-refractivity contribution in [1.82, 2.24) is 10.5 Å². The number of rotatable bonds is 3. The van der Waals surface area contributed by atoms with E-state index in [1.165, 1.54) is 0 Å². The van der Waals surface area contributed by atoms with Crippen LogP contribution in [0.1, 0.15) is 23.1 Å². The Morgan fingerprint density at radius 3 is 3.00 bits per heavy atom. The second-order valence-corrected chi connectivity index (χ2v) is 5.60. The molecule has 0 radical (unpaired) electrons. The first-order valence-corrected chi connectivity index (χ1v) is 7.12. The maximum atomic E-state index is 12.0. The van der Waals surface area contributed by atoms with Gasteiger partial charge >= 0.3 is 0 Å². The maximum absolute atomic E-state index is 12.0. The zero-order valence-electron chi connectivity index (χ0n) is 11.2. The number of carbonyl (C=O) groups is 1. The van der Waals surface area contributed by atoms with Gasteiger partial charge in [-0.05, 0) is 13.0 Å². The number of carbonyl (C=O) groups excluding carboxylic acids is 1. The molecule has 1 aliphatic rings. The van der Waals surface area contributed by atoms with Crippen LogP contribution in [-0.2, 0) is 11.2 Å². The van der Waals surface area contributed by atoms with E-state index in [2.05, 4.69) is 10.5 Å². The number of fused-ring (bicyclic) bond motifs is 1. The van der Waals surface area contributed by atoms with E-state index in [-0.39, 0.29) is 18.4 Å². The van der Waals surface area contributed by atoms with E-state index in [1.54, 1.807) is 19.1 Å². The van der Waals surface area contributed by atoms with Gasteiger partial charge in [0.1, 0.15) is 23.1 Å². The van der Waals surface area contributed by atoms with Gasteiger partial charge in [-0.15, -0.1) is 0 Å². The average molecular weight is 327 g/mol. The predicted octanol–water partition coefficient (Wildman–Crippen LogP) is 3.08. The minimum atomic E-state index is -0.240. The maximum Gasteiger partial charge on any atom is 0.226 e. The number of aryl methyl sites for hydroxylation is 1. The van der Waals surface area contributed by atoms with Crippen molar-refractivity contribution in [3.8, 4) is 5.75 Å². The molecule has 2 aromatic rings. The SMILES string of the molecule is Cc1cc(CC(=O)N[C@@H]2COc3c2ccc(Cl)c3Cl)no1. The first kappa shape index (κ1) is 14.2. The summed E-state index contributed by atoms with van der Waals surface area (Å²) < 4.78 is 10.4. The van der Waals surface area contributed by atoms with E-state index in [4.69, 9.17) is 32.5 Å². The van der Waals surface area contributed by atoms with E-state index in [0.717, 1.165) is 5.56 Å². The second kappa shape index (κ2) is 5.58. The molecule has 0 fully saturated rings. The van der Waals surface area contributed by atoms with Crippen molar-refractivity contribution in [1.29, 1.82) is 0 Å². The molecule has 1 aromatic heterocycles. The fourth-order valence-electron chi connectivity index (χ4n) is 2.26. The summed E-state index contributed by atoms with van der Waals surface area (Å²) in [6.07, 6.45) is 0.157. The number of benzene rings is 1. The van der Waals surface area contributed by atoms with E-state index >= 15 is 0 Å². The third-order valence-electron chi connectivity index (χ3n) is 3.20. The molecule has 0 bridgehead atoms. The molecular weight excluding hydrogens is 315 g/mol. The highest BCUT2D eigenvalue weighted by molar-refractivity contribution is 6.43. The zero-order chi connectivity index (χ0) is 15.0. The van der Waals surface area contributed by atoms with Gasteiger partial charge < -0.3 is 14.6 Å². The molecule has 110 valence electrons. The number of halogens is 2. The number of nitrogens with one attached hydrogen (secondary N) is 1. The Kier molecular flexibility index (Phi) is 3.78. The molecular formula is C14H12Cl2N2O3. The van der Waals surface area contributed by atoms with Crippen molar-refractivity contribution >= 4 is 29.1 Å². The topological polar surface area (TPSA) is 64.4 Å². The highest BCUT2D eigenvalue weighted by atomic mass is 35.5. The quantitative estimate of drug-likeness (QED) is 0.941. The van der Waals surface area contributed by atoms with E-state index < -0.39 is 0 Å². The minimum Gasteiger partial charge on any atom is -0.489 e. The zero-order valence-corrected chi connectivity index (χ0v) is 12.7. The van der Waals surface area contributed by atoms with E-state index in [0.29, 0.717) is 33.9 Å². The molecule has 0 aliphatic carbocycles. The number of amides is 1. The van der Waals surface area contributed by atoms with Gasteiger partial charge in [0.05, 0.1) is 23.2 Å². The van der Waals surface area contributed by atoms with Crippen LogP contribution >= 0.6 is 23.2 Å². The van der Waals surface area contributed by atoms with E-state index in [1.807, 2.05) is 6.07 Å².